The van der Waals surface area contributed by atoms with Gasteiger partial charge in [-0.2, -0.15) is 0 Å². The van der Waals surface area contributed by atoms with Crippen LogP contribution in [0.3, 0.4) is 0 Å². The molecule has 0 heterocycles. The van der Waals surface area contributed by atoms with Crippen LogP contribution in [-0.2, 0) is 9.53 Å². The van der Waals surface area contributed by atoms with E-state index in [0.717, 1.165) is 5.75 Å². The Bertz CT molecular complexity index is 430. The van der Waals surface area contributed by atoms with Crippen LogP contribution in [0.5, 0.6) is 0 Å². The molecule has 0 radical (unpaired) electrons. The molecule has 0 spiro atoms. The maximum Gasteiger partial charge on any atom is 0.325 e. The van der Waals surface area contributed by atoms with E-state index in [1.54, 1.807) is 18.7 Å². The van der Waals surface area contributed by atoms with Crippen LogP contribution in [0.4, 0.5) is 0 Å². The van der Waals surface area contributed by atoms with Gasteiger partial charge in [-0.05, 0) is 38.8 Å². The molecular formula is C14H21NO2S. The van der Waals surface area contributed by atoms with Gasteiger partial charge in [-0.1, -0.05) is 17.7 Å². The summed E-state index contributed by atoms with van der Waals surface area (Å²) in [5.41, 5.74) is 7.51. The Morgan fingerprint density at radius 3 is 2.72 bits per heavy atom. The molecule has 0 aliphatic carbocycles. The minimum Gasteiger partial charge on any atom is -0.468 e. The Morgan fingerprint density at radius 1 is 1.44 bits per heavy atom. The van der Waals surface area contributed by atoms with Gasteiger partial charge in [0.1, 0.15) is 5.54 Å². The van der Waals surface area contributed by atoms with Crippen LogP contribution in [0.1, 0.15) is 24.5 Å². The number of hydrogen-bond acceptors (Lipinski definition) is 4. The lowest BCUT2D eigenvalue weighted by molar-refractivity contribution is -0.146. The Morgan fingerprint density at radius 2 is 2.11 bits per heavy atom. The predicted molar refractivity (Wildman–Crippen MR) is 75.9 cm³/mol. The number of nitrogens with two attached hydrogens (primary N) is 1. The van der Waals surface area contributed by atoms with Crippen molar-refractivity contribution >= 4 is 17.7 Å². The van der Waals surface area contributed by atoms with Crippen LogP contribution in [-0.4, -0.2) is 24.4 Å². The Labute approximate surface area is 113 Å². The molecule has 2 N–H and O–H groups in total. The second-order valence-corrected chi connectivity index (χ2v) is 5.91. The molecule has 100 valence electrons. The molecule has 0 aliphatic heterocycles. The molecule has 1 aromatic carbocycles. The highest BCUT2D eigenvalue weighted by molar-refractivity contribution is 7.99. The lowest BCUT2D eigenvalue weighted by Gasteiger charge is -2.21. The van der Waals surface area contributed by atoms with E-state index in [9.17, 15) is 4.79 Å². The van der Waals surface area contributed by atoms with E-state index in [4.69, 9.17) is 5.73 Å². The van der Waals surface area contributed by atoms with Crippen LogP contribution >= 0.6 is 11.8 Å². The Kier molecular flexibility index (Phi) is 5.23. The summed E-state index contributed by atoms with van der Waals surface area (Å²) in [6, 6.07) is 6.37. The minimum absolute atomic E-state index is 0.357. The number of carbonyl (C=O) groups is 1. The van der Waals surface area contributed by atoms with Crippen LogP contribution in [0.2, 0.25) is 0 Å². The Hall–Kier alpha value is -1.00. The fraction of sp³-hybridized carbons (Fsp3) is 0.500. The number of thioether (sulfide) groups is 1. The largest absolute Gasteiger partial charge is 0.468 e. The highest BCUT2D eigenvalue weighted by atomic mass is 32.2. The molecule has 0 saturated carbocycles. The topological polar surface area (TPSA) is 52.3 Å². The summed E-state index contributed by atoms with van der Waals surface area (Å²) >= 11 is 1.73. The lowest BCUT2D eigenvalue weighted by Crippen LogP contribution is -2.46. The zero-order valence-corrected chi connectivity index (χ0v) is 12.3. The second-order valence-electron chi connectivity index (χ2n) is 4.78. The third-order valence-corrected chi connectivity index (χ3v) is 4.03. The van der Waals surface area contributed by atoms with Crippen molar-refractivity contribution in [2.75, 3.05) is 12.9 Å². The first-order chi connectivity index (χ1) is 8.36. The van der Waals surface area contributed by atoms with E-state index >= 15 is 0 Å². The first kappa shape index (κ1) is 15.1. The molecule has 0 bridgehead atoms. The number of ether oxygens (including phenoxy) is 1. The van der Waals surface area contributed by atoms with Crippen molar-refractivity contribution < 1.29 is 9.53 Å². The number of benzene rings is 1. The summed E-state index contributed by atoms with van der Waals surface area (Å²) in [6.45, 7) is 5.87. The highest BCUT2D eigenvalue weighted by Gasteiger charge is 2.28. The maximum absolute atomic E-state index is 11.4. The summed E-state index contributed by atoms with van der Waals surface area (Å²) in [6.07, 6.45) is 0.595. The average Bonchev–Trinajstić information content (AvgIpc) is 2.32. The first-order valence-corrected chi connectivity index (χ1v) is 6.93. The number of methoxy groups -OCH3 is 1. The number of hydrogen-bond donors (Lipinski definition) is 1. The molecule has 3 nitrogen and oxygen atoms in total. The maximum atomic E-state index is 11.4. The molecule has 1 unspecified atom stereocenters. The van der Waals surface area contributed by atoms with Gasteiger partial charge in [0.05, 0.1) is 7.11 Å². The van der Waals surface area contributed by atoms with E-state index in [0.29, 0.717) is 6.42 Å². The molecule has 0 amide bonds. The van der Waals surface area contributed by atoms with Crippen LogP contribution in [0.25, 0.3) is 0 Å². The zero-order valence-electron chi connectivity index (χ0n) is 11.4. The molecule has 0 fully saturated rings. The SMILES string of the molecule is COC(=O)C(C)(N)CCSc1cc(C)ccc1C. The van der Waals surface area contributed by atoms with Gasteiger partial charge in [0.15, 0.2) is 0 Å². The number of aryl methyl sites for hydroxylation is 2. The fourth-order valence-corrected chi connectivity index (χ4v) is 2.88. The number of rotatable bonds is 5. The Balaban J connectivity index is 2.56. The van der Waals surface area contributed by atoms with Crippen molar-refractivity contribution in [1.29, 1.82) is 0 Å². The average molecular weight is 267 g/mol. The summed E-state index contributed by atoms with van der Waals surface area (Å²) in [5.74, 6) is 0.441. The lowest BCUT2D eigenvalue weighted by atomic mass is 10.0. The van der Waals surface area contributed by atoms with E-state index in [-0.39, 0.29) is 5.97 Å². The van der Waals surface area contributed by atoms with Gasteiger partial charge < -0.3 is 10.5 Å². The van der Waals surface area contributed by atoms with Crippen molar-refractivity contribution in [2.45, 2.75) is 37.6 Å². The van der Waals surface area contributed by atoms with Crippen LogP contribution in [0.15, 0.2) is 23.1 Å². The molecular weight excluding hydrogens is 246 g/mol. The van der Waals surface area contributed by atoms with Gasteiger partial charge in [-0.3, -0.25) is 4.79 Å². The van der Waals surface area contributed by atoms with E-state index in [1.807, 2.05) is 0 Å². The monoisotopic (exact) mass is 267 g/mol. The van der Waals surface area contributed by atoms with Crippen molar-refractivity contribution in [2.24, 2.45) is 5.73 Å². The summed E-state index contributed by atoms with van der Waals surface area (Å²) in [7, 11) is 1.37. The van der Waals surface area contributed by atoms with Crippen LogP contribution in [0, 0.1) is 13.8 Å². The third kappa shape index (κ3) is 4.03. The molecule has 4 heteroatoms. The third-order valence-electron chi connectivity index (χ3n) is 2.87. The molecule has 18 heavy (non-hydrogen) atoms. The first-order valence-electron chi connectivity index (χ1n) is 5.94. The predicted octanol–water partition coefficient (Wildman–Crippen LogP) is 2.68. The van der Waals surface area contributed by atoms with Crippen molar-refractivity contribution in [3.05, 3.63) is 29.3 Å². The van der Waals surface area contributed by atoms with E-state index < -0.39 is 5.54 Å². The van der Waals surface area contributed by atoms with Gasteiger partial charge >= 0.3 is 5.97 Å². The smallest absolute Gasteiger partial charge is 0.325 e. The van der Waals surface area contributed by atoms with Crippen molar-refractivity contribution in [1.82, 2.24) is 0 Å². The molecule has 1 atom stereocenters. The highest BCUT2D eigenvalue weighted by Crippen LogP contribution is 2.25. The van der Waals surface area contributed by atoms with Gasteiger partial charge in [0.25, 0.3) is 0 Å². The van der Waals surface area contributed by atoms with Gasteiger partial charge in [0, 0.05) is 10.6 Å². The molecule has 0 saturated heterocycles. The molecule has 1 rings (SSSR count). The van der Waals surface area contributed by atoms with E-state index in [1.165, 1.54) is 23.1 Å². The minimum atomic E-state index is -0.903. The molecule has 0 aromatic heterocycles. The van der Waals surface area contributed by atoms with Crippen molar-refractivity contribution in [3.8, 4) is 0 Å². The standard InChI is InChI=1S/C14H21NO2S/c1-10-5-6-11(2)12(9-10)18-8-7-14(3,15)13(16)17-4/h5-6,9H,7-8,15H2,1-4H3. The quantitative estimate of drug-likeness (QED) is 0.658. The molecule has 1 aromatic rings. The normalized spacial score (nSPS) is 14.1. The summed E-state index contributed by atoms with van der Waals surface area (Å²) in [5, 5.41) is 0. The zero-order chi connectivity index (χ0) is 13.8. The second kappa shape index (κ2) is 6.25. The number of esters is 1. The number of carbonyl (C=O) groups excluding carboxylic acids is 1. The summed E-state index contributed by atoms with van der Waals surface area (Å²) in [4.78, 5) is 12.7. The summed E-state index contributed by atoms with van der Waals surface area (Å²) < 4.78 is 4.69. The van der Waals surface area contributed by atoms with Crippen LogP contribution < -0.4 is 5.73 Å². The fourth-order valence-electron chi connectivity index (χ4n) is 1.57. The van der Waals surface area contributed by atoms with Gasteiger partial charge in [-0.25, -0.2) is 0 Å². The van der Waals surface area contributed by atoms with E-state index in [2.05, 4.69) is 36.8 Å². The molecule has 0 aliphatic rings. The van der Waals surface area contributed by atoms with Gasteiger partial charge in [0.2, 0.25) is 0 Å². The van der Waals surface area contributed by atoms with Gasteiger partial charge in [-0.15, -0.1) is 11.8 Å². The van der Waals surface area contributed by atoms with Crippen molar-refractivity contribution in [3.63, 3.8) is 0 Å².